The molecule has 0 saturated heterocycles. The number of hydrogen-bond donors (Lipinski definition) is 1. The minimum Gasteiger partial charge on any atom is -0.392 e. The van der Waals surface area contributed by atoms with Gasteiger partial charge in [0, 0.05) is 6.42 Å². The van der Waals surface area contributed by atoms with Crippen molar-refractivity contribution in [2.45, 2.75) is 45.6 Å². The Bertz CT molecular complexity index is 178. The molecule has 0 fully saturated rings. The van der Waals surface area contributed by atoms with Crippen LogP contribution < -0.4 is 5.73 Å². The Kier molecular flexibility index (Phi) is 6.14. The van der Waals surface area contributed by atoms with Crippen LogP contribution in [-0.2, 0) is 14.3 Å². The van der Waals surface area contributed by atoms with Crippen LogP contribution in [0.1, 0.15) is 39.5 Å². The molecule has 76 valence electrons. The van der Waals surface area contributed by atoms with Crippen LogP contribution >= 0.6 is 0 Å². The highest BCUT2D eigenvalue weighted by Gasteiger charge is 2.13. The van der Waals surface area contributed by atoms with Crippen LogP contribution in [0, 0.1) is 0 Å². The summed E-state index contributed by atoms with van der Waals surface area (Å²) in [5.74, 6) is -1.13. The van der Waals surface area contributed by atoms with Crippen LogP contribution in [-0.4, -0.2) is 18.0 Å². The fourth-order valence-corrected chi connectivity index (χ4v) is 0.776. The van der Waals surface area contributed by atoms with Gasteiger partial charge in [-0.05, 0) is 13.3 Å². The van der Waals surface area contributed by atoms with E-state index >= 15 is 0 Å². The molecule has 0 radical (unpaired) electrons. The van der Waals surface area contributed by atoms with Gasteiger partial charge >= 0.3 is 11.9 Å². The minimum absolute atomic E-state index is 0.298. The highest BCUT2D eigenvalue weighted by atomic mass is 16.6. The van der Waals surface area contributed by atoms with Gasteiger partial charge in [0.2, 0.25) is 0 Å². The van der Waals surface area contributed by atoms with Crippen LogP contribution in [0.15, 0.2) is 0 Å². The van der Waals surface area contributed by atoms with E-state index in [4.69, 9.17) is 5.73 Å². The number of nitrogens with two attached hydrogens (primary N) is 1. The summed E-state index contributed by atoms with van der Waals surface area (Å²) in [6.07, 6.45) is 3.07. The van der Waals surface area contributed by atoms with E-state index in [1.165, 1.54) is 6.92 Å². The molecule has 0 spiro atoms. The zero-order chi connectivity index (χ0) is 10.3. The third-order valence-corrected chi connectivity index (χ3v) is 1.57. The predicted octanol–water partition coefficient (Wildman–Crippen LogP) is 0.984. The largest absolute Gasteiger partial charge is 0.392 e. The Labute approximate surface area is 78.4 Å². The summed E-state index contributed by atoms with van der Waals surface area (Å²) in [7, 11) is 0. The lowest BCUT2D eigenvalue weighted by Gasteiger charge is -2.04. The van der Waals surface area contributed by atoms with Crippen molar-refractivity contribution in [3.8, 4) is 0 Å². The third kappa shape index (κ3) is 6.28. The molecule has 0 saturated carbocycles. The van der Waals surface area contributed by atoms with E-state index in [9.17, 15) is 9.59 Å². The van der Waals surface area contributed by atoms with Crippen molar-refractivity contribution in [2.75, 3.05) is 0 Å². The second kappa shape index (κ2) is 6.60. The molecule has 0 aromatic carbocycles. The smallest absolute Gasteiger partial charge is 0.330 e. The fourth-order valence-electron chi connectivity index (χ4n) is 0.776. The summed E-state index contributed by atoms with van der Waals surface area (Å²) in [6, 6.07) is -0.727. The van der Waals surface area contributed by atoms with Gasteiger partial charge in [-0.1, -0.05) is 19.8 Å². The van der Waals surface area contributed by atoms with E-state index in [1.807, 2.05) is 6.92 Å². The molecule has 13 heavy (non-hydrogen) atoms. The van der Waals surface area contributed by atoms with Gasteiger partial charge in [0.1, 0.15) is 6.04 Å². The van der Waals surface area contributed by atoms with Crippen molar-refractivity contribution in [3.05, 3.63) is 0 Å². The second-order valence-electron chi connectivity index (χ2n) is 3.04. The highest BCUT2D eigenvalue weighted by molar-refractivity contribution is 5.87. The average Bonchev–Trinajstić information content (AvgIpc) is 2.04. The van der Waals surface area contributed by atoms with Gasteiger partial charge in [0.25, 0.3) is 0 Å². The number of hydrogen-bond acceptors (Lipinski definition) is 4. The van der Waals surface area contributed by atoms with Crippen molar-refractivity contribution >= 4 is 11.9 Å². The standard InChI is InChI=1S/C9H17NO3/c1-3-4-5-6-8(11)13-9(12)7(2)10/h7H,3-6,10H2,1-2H3. The van der Waals surface area contributed by atoms with Gasteiger partial charge < -0.3 is 10.5 Å². The number of carbonyl (C=O) groups excluding carboxylic acids is 2. The Morgan fingerprint density at radius 1 is 1.38 bits per heavy atom. The van der Waals surface area contributed by atoms with Crippen molar-refractivity contribution < 1.29 is 14.3 Å². The van der Waals surface area contributed by atoms with Crippen molar-refractivity contribution in [1.82, 2.24) is 0 Å². The fraction of sp³-hybridized carbons (Fsp3) is 0.778. The van der Waals surface area contributed by atoms with Gasteiger partial charge in [-0.2, -0.15) is 0 Å². The Hall–Kier alpha value is -0.900. The quantitative estimate of drug-likeness (QED) is 0.396. The lowest BCUT2D eigenvalue weighted by Crippen LogP contribution is -2.30. The zero-order valence-corrected chi connectivity index (χ0v) is 8.21. The molecule has 0 aromatic rings. The summed E-state index contributed by atoms with van der Waals surface area (Å²) >= 11 is 0. The minimum atomic E-state index is -0.727. The monoisotopic (exact) mass is 187 g/mol. The Balaban J connectivity index is 3.56. The lowest BCUT2D eigenvalue weighted by atomic mass is 10.2. The molecule has 4 heteroatoms. The van der Waals surface area contributed by atoms with Crippen LogP contribution in [0.25, 0.3) is 0 Å². The first-order chi connectivity index (χ1) is 6.07. The first-order valence-corrected chi connectivity index (χ1v) is 4.58. The lowest BCUT2D eigenvalue weighted by molar-refractivity contribution is -0.160. The first-order valence-electron chi connectivity index (χ1n) is 4.58. The highest BCUT2D eigenvalue weighted by Crippen LogP contribution is 2.00. The van der Waals surface area contributed by atoms with Crippen LogP contribution in [0.3, 0.4) is 0 Å². The van der Waals surface area contributed by atoms with Crippen LogP contribution in [0.4, 0.5) is 0 Å². The molecule has 0 heterocycles. The van der Waals surface area contributed by atoms with Gasteiger partial charge in [-0.3, -0.25) is 4.79 Å². The summed E-state index contributed by atoms with van der Waals surface area (Å²) in [5, 5.41) is 0. The van der Waals surface area contributed by atoms with E-state index in [0.29, 0.717) is 6.42 Å². The van der Waals surface area contributed by atoms with Gasteiger partial charge in [-0.15, -0.1) is 0 Å². The average molecular weight is 187 g/mol. The van der Waals surface area contributed by atoms with Crippen LogP contribution in [0.2, 0.25) is 0 Å². The van der Waals surface area contributed by atoms with Gasteiger partial charge in [-0.25, -0.2) is 4.79 Å². The van der Waals surface area contributed by atoms with Crippen molar-refractivity contribution in [1.29, 1.82) is 0 Å². The number of rotatable bonds is 5. The van der Waals surface area contributed by atoms with E-state index in [1.54, 1.807) is 0 Å². The molecular weight excluding hydrogens is 170 g/mol. The maximum Gasteiger partial charge on any atom is 0.330 e. The summed E-state index contributed by atoms with van der Waals surface area (Å²) in [5.41, 5.74) is 5.21. The first kappa shape index (κ1) is 12.1. The topological polar surface area (TPSA) is 69.4 Å². The molecule has 0 rings (SSSR count). The molecule has 0 aliphatic rings. The predicted molar refractivity (Wildman–Crippen MR) is 48.9 cm³/mol. The maximum absolute atomic E-state index is 10.9. The summed E-state index contributed by atoms with van der Waals surface area (Å²) < 4.78 is 4.46. The molecule has 0 bridgehead atoms. The maximum atomic E-state index is 10.9. The van der Waals surface area contributed by atoms with Crippen molar-refractivity contribution in [3.63, 3.8) is 0 Å². The molecule has 0 aliphatic carbocycles. The molecule has 0 amide bonds. The molecular formula is C9H17NO3. The zero-order valence-electron chi connectivity index (χ0n) is 8.21. The molecule has 0 aliphatic heterocycles. The van der Waals surface area contributed by atoms with E-state index in [2.05, 4.69) is 4.74 Å². The van der Waals surface area contributed by atoms with E-state index in [0.717, 1.165) is 19.3 Å². The van der Waals surface area contributed by atoms with Crippen molar-refractivity contribution in [2.24, 2.45) is 5.73 Å². The molecule has 2 N–H and O–H groups in total. The number of ether oxygens (including phenoxy) is 1. The summed E-state index contributed by atoms with van der Waals surface area (Å²) in [6.45, 7) is 3.53. The molecule has 4 nitrogen and oxygen atoms in total. The third-order valence-electron chi connectivity index (χ3n) is 1.57. The van der Waals surface area contributed by atoms with E-state index < -0.39 is 18.0 Å². The summed E-state index contributed by atoms with van der Waals surface area (Å²) in [4.78, 5) is 21.8. The Morgan fingerprint density at radius 3 is 2.46 bits per heavy atom. The molecule has 0 aromatic heterocycles. The van der Waals surface area contributed by atoms with Gasteiger partial charge in [0.05, 0.1) is 0 Å². The van der Waals surface area contributed by atoms with Crippen LogP contribution in [0.5, 0.6) is 0 Å². The SMILES string of the molecule is CCCCCC(=O)OC(=O)C(C)N. The normalized spacial score (nSPS) is 12.2. The van der Waals surface area contributed by atoms with Gasteiger partial charge in [0.15, 0.2) is 0 Å². The molecule has 1 unspecified atom stereocenters. The number of unbranched alkanes of at least 4 members (excludes halogenated alkanes) is 2. The second-order valence-corrected chi connectivity index (χ2v) is 3.04. The number of esters is 2. The molecule has 1 atom stereocenters. The Morgan fingerprint density at radius 2 is 2.00 bits per heavy atom. The number of carbonyl (C=O) groups is 2. The van der Waals surface area contributed by atoms with E-state index in [-0.39, 0.29) is 0 Å².